The van der Waals surface area contributed by atoms with Crippen LogP contribution in [0.5, 0.6) is 0 Å². The zero-order valence-corrected chi connectivity index (χ0v) is 16.3. The van der Waals surface area contributed by atoms with E-state index in [0.717, 1.165) is 0 Å². The van der Waals surface area contributed by atoms with E-state index in [9.17, 15) is 0 Å². The third-order valence-electron chi connectivity index (χ3n) is 2.61. The van der Waals surface area contributed by atoms with Gasteiger partial charge in [0.1, 0.15) is 0 Å². The largest absolute Gasteiger partial charge is 0.434 e. The maximum Gasteiger partial charge on any atom is 0.0598 e. The molecule has 0 spiro atoms. The first-order valence-corrected chi connectivity index (χ1v) is 6.61. The fourth-order valence-corrected chi connectivity index (χ4v) is 1.88. The minimum atomic E-state index is -0.653. The molecule has 1 aliphatic heterocycles. The fourth-order valence-electron chi connectivity index (χ4n) is 1.88. The van der Waals surface area contributed by atoms with Gasteiger partial charge < -0.3 is 21.1 Å². The van der Waals surface area contributed by atoms with Crippen molar-refractivity contribution in [1.29, 1.82) is 0 Å². The zero-order chi connectivity index (χ0) is 14.2. The summed E-state index contributed by atoms with van der Waals surface area (Å²) in [6.07, 6.45) is 1.96. The first kappa shape index (κ1) is 20.0. The quantitative estimate of drug-likeness (QED) is 0.736. The molecule has 1 rings (SSSR count). The van der Waals surface area contributed by atoms with Crippen LogP contribution in [0.15, 0.2) is 0 Å². The van der Waals surface area contributed by atoms with Gasteiger partial charge in [-0.25, -0.2) is 0 Å². The van der Waals surface area contributed by atoms with Crippen LogP contribution in [0.3, 0.4) is 0 Å². The molecule has 0 aromatic heterocycles. The molecule has 0 aromatic rings. The summed E-state index contributed by atoms with van der Waals surface area (Å²) >= 11 is 0. The Balaban J connectivity index is 0.00000324. The third kappa shape index (κ3) is 6.99. The van der Waals surface area contributed by atoms with E-state index in [1.807, 2.05) is 48.5 Å². The molecule has 3 nitrogen and oxygen atoms in total. The molecule has 0 aliphatic carbocycles. The van der Waals surface area contributed by atoms with E-state index < -0.39 is 5.60 Å². The van der Waals surface area contributed by atoms with Crippen molar-refractivity contribution in [2.24, 2.45) is 0 Å². The molecule has 0 amide bonds. The van der Waals surface area contributed by atoms with Crippen molar-refractivity contribution >= 4 is 0 Å². The van der Waals surface area contributed by atoms with Gasteiger partial charge in [0.15, 0.2) is 0 Å². The van der Waals surface area contributed by atoms with Gasteiger partial charge in [0.25, 0.3) is 0 Å². The van der Waals surface area contributed by atoms with Gasteiger partial charge in [-0.15, -0.1) is 0 Å². The van der Waals surface area contributed by atoms with E-state index in [2.05, 4.69) is 13.3 Å². The summed E-state index contributed by atoms with van der Waals surface area (Å²) in [5, 5.41) is 0. The van der Waals surface area contributed by atoms with Gasteiger partial charge in [0, 0.05) is 39.3 Å². The standard InChI is InChI=1S/C15H28O3.Y/c1-11-9-12(18-14(5,6)7)15(8,17-11)10-16-13(2,3)4;/h9,11-12H,8,10H2,1-7H3;/q-2;/t11-,12+,15+;/m0./s1. The van der Waals surface area contributed by atoms with Crippen LogP contribution in [-0.2, 0) is 46.9 Å². The number of hydrogen-bond donors (Lipinski definition) is 0. The smallest absolute Gasteiger partial charge is 0.0598 e. The number of hydrogen-bond acceptors (Lipinski definition) is 3. The van der Waals surface area contributed by atoms with E-state index in [0.29, 0.717) is 6.61 Å². The van der Waals surface area contributed by atoms with Gasteiger partial charge in [-0.2, -0.15) is 0 Å². The average Bonchev–Trinajstić information content (AvgIpc) is 2.35. The second-order valence-corrected chi connectivity index (χ2v) is 7.13. The Morgan fingerprint density at radius 2 is 1.68 bits per heavy atom. The minimum absolute atomic E-state index is 0. The Bertz CT molecular complexity index is 280. The molecular formula is C15H28O3Y-2. The second-order valence-electron chi connectivity index (χ2n) is 7.13. The van der Waals surface area contributed by atoms with Crippen LogP contribution in [0.1, 0.15) is 48.5 Å². The monoisotopic (exact) mass is 345 g/mol. The van der Waals surface area contributed by atoms with Gasteiger partial charge in [0.05, 0.1) is 11.2 Å². The van der Waals surface area contributed by atoms with Crippen molar-refractivity contribution in [2.45, 2.75) is 77.5 Å². The van der Waals surface area contributed by atoms with Gasteiger partial charge in [-0.1, -0.05) is 19.1 Å². The Kier molecular flexibility index (Phi) is 7.18. The summed E-state index contributed by atoms with van der Waals surface area (Å²) in [7, 11) is 0. The van der Waals surface area contributed by atoms with Crippen LogP contribution in [0.25, 0.3) is 0 Å². The van der Waals surface area contributed by atoms with Crippen molar-refractivity contribution in [3.05, 3.63) is 13.3 Å². The molecule has 0 bridgehead atoms. The van der Waals surface area contributed by atoms with E-state index >= 15 is 0 Å². The average molecular weight is 345 g/mol. The molecule has 1 aliphatic rings. The Morgan fingerprint density at radius 1 is 1.16 bits per heavy atom. The predicted octanol–water partition coefficient (Wildman–Crippen LogP) is 3.18. The van der Waals surface area contributed by atoms with Crippen molar-refractivity contribution < 1.29 is 46.9 Å². The number of ether oxygens (including phenoxy) is 3. The third-order valence-corrected chi connectivity index (χ3v) is 2.61. The second kappa shape index (κ2) is 6.83. The van der Waals surface area contributed by atoms with Crippen LogP contribution >= 0.6 is 0 Å². The molecule has 19 heavy (non-hydrogen) atoms. The predicted molar refractivity (Wildman–Crippen MR) is 73.3 cm³/mol. The molecule has 3 atom stereocenters. The van der Waals surface area contributed by atoms with Crippen molar-refractivity contribution in [1.82, 2.24) is 0 Å². The maximum atomic E-state index is 6.03. The molecule has 1 fully saturated rings. The molecular weight excluding hydrogens is 317 g/mol. The van der Waals surface area contributed by atoms with Crippen LogP contribution in [0.4, 0.5) is 0 Å². The van der Waals surface area contributed by atoms with Gasteiger partial charge >= 0.3 is 0 Å². The molecule has 1 saturated heterocycles. The summed E-state index contributed by atoms with van der Waals surface area (Å²) in [4.78, 5) is 0. The fraction of sp³-hybridized carbons (Fsp3) is 0.867. The first-order chi connectivity index (χ1) is 7.91. The van der Waals surface area contributed by atoms with Crippen molar-refractivity contribution in [2.75, 3.05) is 6.61 Å². The minimum Gasteiger partial charge on any atom is -0.434 e. The summed E-state index contributed by atoms with van der Waals surface area (Å²) in [5.74, 6) is 0. The van der Waals surface area contributed by atoms with E-state index in [1.165, 1.54) is 0 Å². The number of rotatable bonds is 3. The molecule has 1 radical (unpaired) electrons. The molecule has 0 saturated carbocycles. The van der Waals surface area contributed by atoms with Crippen molar-refractivity contribution in [3.63, 3.8) is 0 Å². The molecule has 0 N–H and O–H groups in total. The van der Waals surface area contributed by atoms with Crippen LogP contribution in [0.2, 0.25) is 0 Å². The van der Waals surface area contributed by atoms with Gasteiger partial charge in [-0.3, -0.25) is 6.42 Å². The van der Waals surface area contributed by atoms with Crippen molar-refractivity contribution in [3.8, 4) is 0 Å². The van der Waals surface area contributed by atoms with Gasteiger partial charge in [0.2, 0.25) is 0 Å². The van der Waals surface area contributed by atoms with Crippen LogP contribution in [0, 0.1) is 13.3 Å². The first-order valence-electron chi connectivity index (χ1n) is 6.61. The maximum absolute atomic E-state index is 6.03. The summed E-state index contributed by atoms with van der Waals surface area (Å²) in [5.41, 5.74) is -1.08. The Labute approximate surface area is 144 Å². The molecule has 1 heterocycles. The zero-order valence-electron chi connectivity index (χ0n) is 13.4. The summed E-state index contributed by atoms with van der Waals surface area (Å²) < 4.78 is 17.7. The molecule has 4 heteroatoms. The summed E-state index contributed by atoms with van der Waals surface area (Å²) in [6, 6.07) is 0. The molecule has 0 aromatic carbocycles. The van der Waals surface area contributed by atoms with Gasteiger partial charge in [-0.05, 0) is 47.1 Å². The van der Waals surface area contributed by atoms with E-state index in [4.69, 9.17) is 14.2 Å². The summed E-state index contributed by atoms with van der Waals surface area (Å²) in [6.45, 7) is 18.8. The topological polar surface area (TPSA) is 27.7 Å². The van der Waals surface area contributed by atoms with E-state index in [1.54, 1.807) is 0 Å². The Hall–Kier alpha value is 0.984. The molecule has 111 valence electrons. The Morgan fingerprint density at radius 3 is 2.11 bits per heavy atom. The molecule has 0 unspecified atom stereocenters. The normalized spacial score (nSPS) is 32.2. The van der Waals surface area contributed by atoms with Crippen LogP contribution < -0.4 is 0 Å². The SMILES string of the molecule is [CH2-][C@]1(COC(C)(C)C)O[C@@H](C)[CH-][C@H]1OC(C)(C)C.[Y]. The van der Waals surface area contributed by atoms with E-state index in [-0.39, 0.29) is 56.1 Å². The van der Waals surface area contributed by atoms with Crippen LogP contribution in [-0.4, -0.2) is 35.6 Å².